The van der Waals surface area contributed by atoms with Crippen LogP contribution in [0.1, 0.15) is 23.6 Å². The lowest BCUT2D eigenvalue weighted by Gasteiger charge is -2.13. The van der Waals surface area contributed by atoms with Gasteiger partial charge in [0.05, 0.1) is 20.5 Å². The highest BCUT2D eigenvalue weighted by Gasteiger charge is 2.36. The number of carbonyl (C=O) groups is 3. The van der Waals surface area contributed by atoms with Crippen molar-refractivity contribution in [2.75, 3.05) is 18.5 Å². The SMILES string of the molecule is CCOc1ccc(NC(=O)CN2C(=O)S/C(=C/c3cc(Br)c(OCc4ccc(C)cc4)c(Br)c3)C2=O)cc1. The van der Waals surface area contributed by atoms with Crippen LogP contribution < -0.4 is 14.8 Å². The Labute approximate surface area is 241 Å². The van der Waals surface area contributed by atoms with Crippen LogP contribution in [-0.2, 0) is 16.2 Å². The Bertz CT molecular complexity index is 1370. The van der Waals surface area contributed by atoms with Crippen LogP contribution >= 0.6 is 43.6 Å². The van der Waals surface area contributed by atoms with Crippen LogP contribution in [0, 0.1) is 6.92 Å². The van der Waals surface area contributed by atoms with Gasteiger partial charge in [0, 0.05) is 5.69 Å². The van der Waals surface area contributed by atoms with Crippen molar-refractivity contribution in [1.29, 1.82) is 0 Å². The second kappa shape index (κ2) is 12.6. The van der Waals surface area contributed by atoms with Crippen molar-refractivity contribution in [3.8, 4) is 11.5 Å². The molecule has 1 heterocycles. The topological polar surface area (TPSA) is 84.9 Å². The zero-order chi connectivity index (χ0) is 27.2. The molecule has 7 nitrogen and oxygen atoms in total. The highest BCUT2D eigenvalue weighted by molar-refractivity contribution is 9.11. The van der Waals surface area contributed by atoms with Crippen molar-refractivity contribution in [3.05, 3.63) is 91.2 Å². The molecule has 0 unspecified atom stereocenters. The number of aryl methyl sites for hydroxylation is 1. The molecule has 196 valence electrons. The van der Waals surface area contributed by atoms with E-state index in [0.717, 1.165) is 22.2 Å². The van der Waals surface area contributed by atoms with Gasteiger partial charge in [-0.3, -0.25) is 19.3 Å². The van der Waals surface area contributed by atoms with E-state index in [0.29, 0.717) is 44.9 Å². The average molecular weight is 660 g/mol. The van der Waals surface area contributed by atoms with Gasteiger partial charge in [0.15, 0.2) is 0 Å². The fourth-order valence-electron chi connectivity index (χ4n) is 3.57. The molecule has 10 heteroatoms. The monoisotopic (exact) mass is 658 g/mol. The van der Waals surface area contributed by atoms with Crippen LogP contribution in [0.4, 0.5) is 10.5 Å². The minimum atomic E-state index is -0.520. The van der Waals surface area contributed by atoms with Gasteiger partial charge in [-0.2, -0.15) is 0 Å². The predicted molar refractivity (Wildman–Crippen MR) is 156 cm³/mol. The number of anilines is 1. The molecule has 1 fully saturated rings. The molecule has 3 aromatic carbocycles. The number of nitrogens with one attached hydrogen (secondary N) is 1. The minimum absolute atomic E-state index is 0.232. The van der Waals surface area contributed by atoms with E-state index < -0.39 is 17.1 Å². The van der Waals surface area contributed by atoms with Gasteiger partial charge >= 0.3 is 0 Å². The fraction of sp³-hybridized carbons (Fsp3) is 0.179. The first-order chi connectivity index (χ1) is 18.2. The zero-order valence-corrected chi connectivity index (χ0v) is 24.6. The summed E-state index contributed by atoms with van der Waals surface area (Å²) in [7, 11) is 0. The molecule has 0 aromatic heterocycles. The van der Waals surface area contributed by atoms with Gasteiger partial charge in [-0.05, 0) is 111 Å². The normalized spacial score (nSPS) is 14.2. The Morgan fingerprint density at radius 3 is 2.29 bits per heavy atom. The molecular formula is C28H24Br2N2O5S. The molecule has 1 saturated heterocycles. The molecule has 0 saturated carbocycles. The first-order valence-electron chi connectivity index (χ1n) is 11.7. The lowest BCUT2D eigenvalue weighted by molar-refractivity contribution is -0.127. The summed E-state index contributed by atoms with van der Waals surface area (Å²) < 4.78 is 12.8. The third-order valence-corrected chi connectivity index (χ3v) is 7.53. The number of hydrogen-bond donors (Lipinski definition) is 1. The van der Waals surface area contributed by atoms with E-state index in [-0.39, 0.29) is 11.4 Å². The summed E-state index contributed by atoms with van der Waals surface area (Å²) in [5.41, 5.74) is 3.45. The molecule has 1 aliphatic heterocycles. The van der Waals surface area contributed by atoms with Gasteiger partial charge in [0.2, 0.25) is 5.91 Å². The molecule has 1 N–H and O–H groups in total. The van der Waals surface area contributed by atoms with Gasteiger partial charge < -0.3 is 14.8 Å². The molecule has 0 spiro atoms. The second-order valence-corrected chi connectivity index (χ2v) is 11.1. The summed E-state index contributed by atoms with van der Waals surface area (Å²) in [4.78, 5) is 39.1. The molecule has 3 aromatic rings. The number of amides is 3. The molecule has 38 heavy (non-hydrogen) atoms. The van der Waals surface area contributed by atoms with E-state index in [1.54, 1.807) is 30.3 Å². The van der Waals surface area contributed by atoms with Crippen LogP contribution in [0.25, 0.3) is 6.08 Å². The van der Waals surface area contributed by atoms with Crippen molar-refractivity contribution in [2.24, 2.45) is 0 Å². The van der Waals surface area contributed by atoms with E-state index in [9.17, 15) is 14.4 Å². The Hall–Kier alpha value is -3.08. The molecule has 1 aliphatic rings. The van der Waals surface area contributed by atoms with Gasteiger partial charge in [-0.25, -0.2) is 0 Å². The van der Waals surface area contributed by atoms with E-state index in [1.165, 1.54) is 5.56 Å². The van der Waals surface area contributed by atoms with Crippen LogP contribution in [0.2, 0.25) is 0 Å². The summed E-state index contributed by atoms with van der Waals surface area (Å²) in [6, 6.07) is 18.6. The molecule has 0 bridgehead atoms. The van der Waals surface area contributed by atoms with Crippen LogP contribution in [-0.4, -0.2) is 35.1 Å². The van der Waals surface area contributed by atoms with Crippen molar-refractivity contribution in [3.63, 3.8) is 0 Å². The summed E-state index contributed by atoms with van der Waals surface area (Å²) in [5.74, 6) is 0.319. The lowest BCUT2D eigenvalue weighted by atomic mass is 10.1. The predicted octanol–water partition coefficient (Wildman–Crippen LogP) is 7.17. The maximum Gasteiger partial charge on any atom is 0.294 e. The maximum atomic E-state index is 12.9. The first kappa shape index (κ1) is 27.9. The molecule has 0 aliphatic carbocycles. The molecular weight excluding hydrogens is 636 g/mol. The van der Waals surface area contributed by atoms with Gasteiger partial charge in [-0.1, -0.05) is 29.8 Å². The highest BCUT2D eigenvalue weighted by Crippen LogP contribution is 2.38. The summed E-state index contributed by atoms with van der Waals surface area (Å²) in [5, 5.41) is 2.20. The number of ether oxygens (including phenoxy) is 2. The van der Waals surface area contributed by atoms with E-state index >= 15 is 0 Å². The Morgan fingerprint density at radius 1 is 1.00 bits per heavy atom. The second-order valence-electron chi connectivity index (χ2n) is 8.36. The quantitative estimate of drug-likeness (QED) is 0.245. The molecule has 0 radical (unpaired) electrons. The summed E-state index contributed by atoms with van der Waals surface area (Å²) >= 11 is 7.87. The lowest BCUT2D eigenvalue weighted by Crippen LogP contribution is -2.36. The number of halogens is 2. The van der Waals surface area contributed by atoms with E-state index in [2.05, 4.69) is 37.2 Å². The van der Waals surface area contributed by atoms with Gasteiger partial charge in [0.1, 0.15) is 24.7 Å². The molecule has 0 atom stereocenters. The fourth-order valence-corrected chi connectivity index (χ4v) is 5.86. The number of rotatable bonds is 9. The smallest absolute Gasteiger partial charge is 0.294 e. The summed E-state index contributed by atoms with van der Waals surface area (Å²) in [6.07, 6.45) is 1.62. The van der Waals surface area contributed by atoms with Crippen molar-refractivity contribution < 1.29 is 23.9 Å². The van der Waals surface area contributed by atoms with Crippen LogP contribution in [0.5, 0.6) is 11.5 Å². The molecule has 4 rings (SSSR count). The van der Waals surface area contributed by atoms with Crippen molar-refractivity contribution >= 4 is 72.4 Å². The number of benzene rings is 3. The minimum Gasteiger partial charge on any atom is -0.494 e. The van der Waals surface area contributed by atoms with Crippen LogP contribution in [0.15, 0.2) is 74.5 Å². The standard InChI is InChI=1S/C28H24Br2N2O5S/c1-3-36-21-10-8-20(9-11-21)31-25(33)15-32-27(34)24(38-28(32)35)14-19-12-22(29)26(23(30)13-19)37-16-18-6-4-17(2)5-7-18/h4-14H,3,15-16H2,1-2H3,(H,31,33)/b24-14+. The Morgan fingerprint density at radius 2 is 1.66 bits per heavy atom. The largest absolute Gasteiger partial charge is 0.494 e. The van der Waals surface area contributed by atoms with Gasteiger partial charge in [-0.15, -0.1) is 0 Å². The molecule has 3 amide bonds. The number of hydrogen-bond acceptors (Lipinski definition) is 6. The Kier molecular flexibility index (Phi) is 9.30. The first-order valence-corrected chi connectivity index (χ1v) is 14.1. The zero-order valence-electron chi connectivity index (χ0n) is 20.6. The van der Waals surface area contributed by atoms with E-state index in [1.807, 2.05) is 50.2 Å². The summed E-state index contributed by atoms with van der Waals surface area (Å²) in [6.45, 7) is 4.47. The van der Waals surface area contributed by atoms with E-state index in [4.69, 9.17) is 9.47 Å². The highest BCUT2D eigenvalue weighted by atomic mass is 79.9. The van der Waals surface area contributed by atoms with Gasteiger partial charge in [0.25, 0.3) is 11.1 Å². The number of nitrogens with zero attached hydrogens (tertiary/aromatic N) is 1. The third kappa shape index (κ3) is 7.06. The number of carbonyl (C=O) groups excluding carboxylic acids is 3. The van der Waals surface area contributed by atoms with Crippen molar-refractivity contribution in [2.45, 2.75) is 20.5 Å². The average Bonchev–Trinajstić information content (AvgIpc) is 3.13. The maximum absolute atomic E-state index is 12.9. The number of imide groups is 1. The Balaban J connectivity index is 1.40. The van der Waals surface area contributed by atoms with Crippen molar-refractivity contribution in [1.82, 2.24) is 4.90 Å². The third-order valence-electron chi connectivity index (χ3n) is 5.45. The van der Waals surface area contributed by atoms with Crippen LogP contribution in [0.3, 0.4) is 0 Å². The number of thioether (sulfide) groups is 1.